The van der Waals surface area contributed by atoms with Crippen LogP contribution in [0.5, 0.6) is 0 Å². The molecular formula is C15H21NO. The molecule has 0 amide bonds. The molecular weight excluding hydrogens is 210 g/mol. The Labute approximate surface area is 104 Å². The minimum atomic E-state index is 0.179. The summed E-state index contributed by atoms with van der Waals surface area (Å²) in [5.74, 6) is 1.33. The molecule has 1 fully saturated rings. The zero-order valence-corrected chi connectivity index (χ0v) is 10.9. The molecule has 1 saturated heterocycles. The van der Waals surface area contributed by atoms with Crippen molar-refractivity contribution in [3.05, 3.63) is 35.4 Å². The van der Waals surface area contributed by atoms with E-state index in [9.17, 15) is 4.79 Å². The van der Waals surface area contributed by atoms with Crippen molar-refractivity contribution in [2.45, 2.75) is 26.2 Å². The van der Waals surface area contributed by atoms with Crippen LogP contribution in [0.3, 0.4) is 0 Å². The van der Waals surface area contributed by atoms with Gasteiger partial charge < -0.3 is 4.90 Å². The van der Waals surface area contributed by atoms with Crippen molar-refractivity contribution in [1.29, 1.82) is 0 Å². The van der Waals surface area contributed by atoms with Crippen molar-refractivity contribution in [3.8, 4) is 0 Å². The molecule has 0 spiro atoms. The van der Waals surface area contributed by atoms with Gasteiger partial charge in [0.05, 0.1) is 0 Å². The zero-order valence-electron chi connectivity index (χ0n) is 10.9. The van der Waals surface area contributed by atoms with Gasteiger partial charge in [0.25, 0.3) is 0 Å². The molecule has 0 aliphatic carbocycles. The molecule has 1 aliphatic rings. The van der Waals surface area contributed by atoms with Gasteiger partial charge in [0.1, 0.15) is 0 Å². The maximum Gasteiger partial charge on any atom is 0.160 e. The monoisotopic (exact) mass is 231 g/mol. The summed E-state index contributed by atoms with van der Waals surface area (Å²) in [7, 11) is 2.17. The lowest BCUT2D eigenvalue weighted by Crippen LogP contribution is -2.18. The van der Waals surface area contributed by atoms with Crippen molar-refractivity contribution in [2.75, 3.05) is 20.1 Å². The van der Waals surface area contributed by atoms with Crippen LogP contribution >= 0.6 is 0 Å². The van der Waals surface area contributed by atoms with Crippen molar-refractivity contribution >= 4 is 5.78 Å². The average molecular weight is 231 g/mol. The van der Waals surface area contributed by atoms with E-state index in [2.05, 4.69) is 24.9 Å². The van der Waals surface area contributed by atoms with Crippen LogP contribution in [0.15, 0.2) is 24.3 Å². The second kappa shape index (κ2) is 5.01. The van der Waals surface area contributed by atoms with Gasteiger partial charge in [-0.1, -0.05) is 31.2 Å². The van der Waals surface area contributed by atoms with Crippen LogP contribution in [0.2, 0.25) is 0 Å². The summed E-state index contributed by atoms with van der Waals surface area (Å²) >= 11 is 0. The number of nitrogens with zero attached hydrogens (tertiary/aromatic N) is 1. The standard InChI is InChI=1S/C15H21NO/c1-11(13-8-9-16(3)10-13)14-6-4-5-7-15(14)12(2)17/h4-7,11,13H,8-10H2,1-3H3. The van der Waals surface area contributed by atoms with Crippen LogP contribution in [-0.4, -0.2) is 30.8 Å². The summed E-state index contributed by atoms with van der Waals surface area (Å²) in [6.07, 6.45) is 1.24. The summed E-state index contributed by atoms with van der Waals surface area (Å²) in [6.45, 7) is 6.24. The summed E-state index contributed by atoms with van der Waals surface area (Å²) in [5.41, 5.74) is 2.12. The Morgan fingerprint density at radius 1 is 1.41 bits per heavy atom. The van der Waals surface area contributed by atoms with Gasteiger partial charge in [-0.3, -0.25) is 4.79 Å². The van der Waals surface area contributed by atoms with E-state index in [1.54, 1.807) is 6.92 Å². The van der Waals surface area contributed by atoms with Gasteiger partial charge >= 0.3 is 0 Å². The maximum atomic E-state index is 11.6. The van der Waals surface area contributed by atoms with Gasteiger partial charge in [0, 0.05) is 12.1 Å². The number of rotatable bonds is 3. The first-order valence-electron chi connectivity index (χ1n) is 6.38. The maximum absolute atomic E-state index is 11.6. The Morgan fingerprint density at radius 2 is 2.12 bits per heavy atom. The Bertz CT molecular complexity index is 413. The predicted molar refractivity (Wildman–Crippen MR) is 70.5 cm³/mol. The lowest BCUT2D eigenvalue weighted by atomic mass is 9.84. The lowest BCUT2D eigenvalue weighted by molar-refractivity contribution is 0.101. The highest BCUT2D eigenvalue weighted by Gasteiger charge is 2.27. The first-order valence-corrected chi connectivity index (χ1v) is 6.38. The molecule has 2 atom stereocenters. The van der Waals surface area contributed by atoms with E-state index in [0.717, 1.165) is 12.1 Å². The fraction of sp³-hybridized carbons (Fsp3) is 0.533. The molecule has 92 valence electrons. The Hall–Kier alpha value is -1.15. The molecule has 1 heterocycles. The minimum absolute atomic E-state index is 0.179. The number of Topliss-reactive ketones (excluding diaryl/α,β-unsaturated/α-hetero) is 1. The van der Waals surface area contributed by atoms with Crippen LogP contribution in [0.1, 0.15) is 42.1 Å². The molecule has 2 unspecified atom stereocenters. The molecule has 0 N–H and O–H groups in total. The van der Waals surface area contributed by atoms with E-state index in [1.807, 2.05) is 18.2 Å². The minimum Gasteiger partial charge on any atom is -0.306 e. The third-order valence-corrected chi connectivity index (χ3v) is 3.97. The predicted octanol–water partition coefficient (Wildman–Crippen LogP) is 2.94. The SMILES string of the molecule is CC(=O)c1ccccc1C(C)C1CCN(C)C1. The smallest absolute Gasteiger partial charge is 0.160 e. The molecule has 1 aromatic rings. The Morgan fingerprint density at radius 3 is 2.71 bits per heavy atom. The molecule has 2 rings (SSSR count). The number of hydrogen-bond acceptors (Lipinski definition) is 2. The fourth-order valence-electron chi connectivity index (χ4n) is 2.85. The summed E-state index contributed by atoms with van der Waals surface area (Å²) in [5, 5.41) is 0. The zero-order chi connectivity index (χ0) is 12.4. The number of benzene rings is 1. The normalized spacial score (nSPS) is 22.6. The topological polar surface area (TPSA) is 20.3 Å². The van der Waals surface area contributed by atoms with Crippen molar-refractivity contribution in [1.82, 2.24) is 4.90 Å². The first kappa shape index (κ1) is 12.3. The average Bonchev–Trinajstić information content (AvgIpc) is 2.75. The van der Waals surface area contributed by atoms with Crippen LogP contribution in [0.4, 0.5) is 0 Å². The van der Waals surface area contributed by atoms with Gasteiger partial charge in [0.2, 0.25) is 0 Å². The van der Waals surface area contributed by atoms with Gasteiger partial charge in [-0.2, -0.15) is 0 Å². The van der Waals surface area contributed by atoms with Gasteiger partial charge in [-0.15, -0.1) is 0 Å². The third kappa shape index (κ3) is 2.58. The van der Waals surface area contributed by atoms with E-state index < -0.39 is 0 Å². The summed E-state index contributed by atoms with van der Waals surface area (Å²) in [4.78, 5) is 14.0. The largest absolute Gasteiger partial charge is 0.306 e. The van der Waals surface area contributed by atoms with E-state index in [4.69, 9.17) is 0 Å². The number of carbonyl (C=O) groups excluding carboxylic acids is 1. The molecule has 2 heteroatoms. The highest BCUT2D eigenvalue weighted by Crippen LogP contribution is 2.32. The van der Waals surface area contributed by atoms with Gasteiger partial charge in [0.15, 0.2) is 5.78 Å². The molecule has 0 bridgehead atoms. The number of likely N-dealkylation sites (tertiary alicyclic amines) is 1. The van der Waals surface area contributed by atoms with Crippen LogP contribution in [-0.2, 0) is 0 Å². The van der Waals surface area contributed by atoms with Crippen LogP contribution < -0.4 is 0 Å². The molecule has 0 radical (unpaired) electrons. The number of carbonyl (C=O) groups is 1. The summed E-state index contributed by atoms with van der Waals surface area (Å²) < 4.78 is 0. The van der Waals surface area contributed by atoms with E-state index in [1.165, 1.54) is 18.5 Å². The molecule has 0 saturated carbocycles. The molecule has 2 nitrogen and oxygen atoms in total. The van der Waals surface area contributed by atoms with Crippen LogP contribution in [0.25, 0.3) is 0 Å². The van der Waals surface area contributed by atoms with E-state index in [-0.39, 0.29) is 5.78 Å². The van der Waals surface area contributed by atoms with E-state index in [0.29, 0.717) is 11.8 Å². The molecule has 0 aromatic heterocycles. The second-order valence-corrected chi connectivity index (χ2v) is 5.24. The quantitative estimate of drug-likeness (QED) is 0.745. The van der Waals surface area contributed by atoms with Crippen molar-refractivity contribution in [3.63, 3.8) is 0 Å². The Kier molecular flexibility index (Phi) is 3.63. The number of ketones is 1. The molecule has 1 aliphatic heterocycles. The van der Waals surface area contributed by atoms with Crippen molar-refractivity contribution in [2.24, 2.45) is 5.92 Å². The summed E-state index contributed by atoms with van der Waals surface area (Å²) in [6, 6.07) is 8.05. The third-order valence-electron chi connectivity index (χ3n) is 3.97. The second-order valence-electron chi connectivity index (χ2n) is 5.24. The highest BCUT2D eigenvalue weighted by atomic mass is 16.1. The van der Waals surface area contributed by atoms with Crippen LogP contribution in [0, 0.1) is 5.92 Å². The molecule has 17 heavy (non-hydrogen) atoms. The fourth-order valence-corrected chi connectivity index (χ4v) is 2.85. The first-order chi connectivity index (χ1) is 8.09. The van der Waals surface area contributed by atoms with Gasteiger partial charge in [-0.05, 0) is 44.3 Å². The Balaban J connectivity index is 2.24. The molecule has 1 aromatic carbocycles. The number of hydrogen-bond donors (Lipinski definition) is 0. The van der Waals surface area contributed by atoms with E-state index >= 15 is 0 Å². The van der Waals surface area contributed by atoms with Gasteiger partial charge in [-0.25, -0.2) is 0 Å². The highest BCUT2D eigenvalue weighted by molar-refractivity contribution is 5.95. The lowest BCUT2D eigenvalue weighted by Gasteiger charge is -2.21. The van der Waals surface area contributed by atoms with Crippen molar-refractivity contribution < 1.29 is 4.79 Å².